The molecule has 0 bridgehead atoms. The molecule has 2 fully saturated rings. The Bertz CT molecular complexity index is 636. The van der Waals surface area contributed by atoms with Crippen LogP contribution >= 0.6 is 11.6 Å². The molecule has 26 heavy (non-hydrogen) atoms. The second kappa shape index (κ2) is 9.26. The number of amides is 2. The standard InChI is InChI=1S/C20H28ClN3O2/c21-16-8-9-17(20(26)24-12-6-7-13-24)18(14-16)22-15-19(25)23-10-4-2-1-3-5-11-23/h8-9,14,22H,1-7,10-13,15H2. The van der Waals surface area contributed by atoms with E-state index in [0.717, 1.165) is 51.9 Å². The third-order valence-corrected chi connectivity index (χ3v) is 5.48. The minimum atomic E-state index is 0.0142. The van der Waals surface area contributed by atoms with Crippen LogP contribution in [0.2, 0.25) is 5.02 Å². The Morgan fingerprint density at radius 1 is 0.885 bits per heavy atom. The fraction of sp³-hybridized carbons (Fsp3) is 0.600. The molecule has 0 spiro atoms. The van der Waals surface area contributed by atoms with Crippen LogP contribution in [0.25, 0.3) is 0 Å². The number of anilines is 1. The molecule has 3 rings (SSSR count). The van der Waals surface area contributed by atoms with Crippen molar-refractivity contribution in [3.05, 3.63) is 28.8 Å². The molecule has 6 heteroatoms. The Morgan fingerprint density at radius 2 is 1.46 bits per heavy atom. The first-order valence-corrected chi connectivity index (χ1v) is 10.1. The van der Waals surface area contributed by atoms with Gasteiger partial charge in [0.05, 0.1) is 12.1 Å². The molecule has 1 aromatic rings. The molecule has 0 aromatic heterocycles. The van der Waals surface area contributed by atoms with Gasteiger partial charge in [0.15, 0.2) is 0 Å². The Morgan fingerprint density at radius 3 is 2.15 bits per heavy atom. The lowest BCUT2D eigenvalue weighted by Crippen LogP contribution is -2.38. The fourth-order valence-corrected chi connectivity index (χ4v) is 3.89. The highest BCUT2D eigenvalue weighted by Gasteiger charge is 2.22. The van der Waals surface area contributed by atoms with E-state index in [-0.39, 0.29) is 18.4 Å². The number of carbonyl (C=O) groups is 2. The molecule has 142 valence electrons. The number of carbonyl (C=O) groups excluding carboxylic acids is 2. The van der Waals surface area contributed by atoms with E-state index in [1.165, 1.54) is 19.3 Å². The molecule has 1 aromatic carbocycles. The molecular weight excluding hydrogens is 350 g/mol. The Balaban J connectivity index is 1.65. The summed E-state index contributed by atoms with van der Waals surface area (Å²) in [7, 11) is 0. The molecule has 2 aliphatic heterocycles. The van der Waals surface area contributed by atoms with E-state index in [1.54, 1.807) is 18.2 Å². The molecule has 1 N–H and O–H groups in total. The molecule has 0 atom stereocenters. The summed E-state index contributed by atoms with van der Waals surface area (Å²) in [5, 5.41) is 3.73. The van der Waals surface area contributed by atoms with Gasteiger partial charge in [-0.15, -0.1) is 0 Å². The van der Waals surface area contributed by atoms with Crippen molar-refractivity contribution in [3.8, 4) is 0 Å². The first-order valence-electron chi connectivity index (χ1n) is 9.75. The van der Waals surface area contributed by atoms with Gasteiger partial charge in [-0.1, -0.05) is 30.9 Å². The van der Waals surface area contributed by atoms with Gasteiger partial charge in [0.1, 0.15) is 0 Å². The molecule has 5 nitrogen and oxygen atoms in total. The normalized spacial score (nSPS) is 18.3. The molecule has 0 saturated carbocycles. The quantitative estimate of drug-likeness (QED) is 0.868. The minimum absolute atomic E-state index is 0.0142. The van der Waals surface area contributed by atoms with Crippen molar-refractivity contribution in [3.63, 3.8) is 0 Å². The highest BCUT2D eigenvalue weighted by atomic mass is 35.5. The number of nitrogens with one attached hydrogen (secondary N) is 1. The van der Waals surface area contributed by atoms with Crippen molar-refractivity contribution in [2.75, 3.05) is 38.0 Å². The first-order chi connectivity index (χ1) is 12.6. The summed E-state index contributed by atoms with van der Waals surface area (Å²) in [4.78, 5) is 29.2. The van der Waals surface area contributed by atoms with E-state index < -0.39 is 0 Å². The van der Waals surface area contributed by atoms with Crippen molar-refractivity contribution >= 4 is 29.1 Å². The zero-order valence-electron chi connectivity index (χ0n) is 15.3. The van der Waals surface area contributed by atoms with Crippen LogP contribution in [0.5, 0.6) is 0 Å². The van der Waals surface area contributed by atoms with Crippen LogP contribution < -0.4 is 5.32 Å². The van der Waals surface area contributed by atoms with Crippen molar-refractivity contribution in [2.24, 2.45) is 0 Å². The zero-order valence-corrected chi connectivity index (χ0v) is 16.1. The highest BCUT2D eigenvalue weighted by molar-refractivity contribution is 6.31. The van der Waals surface area contributed by atoms with Crippen LogP contribution in [-0.2, 0) is 4.79 Å². The van der Waals surface area contributed by atoms with Gasteiger partial charge < -0.3 is 15.1 Å². The fourth-order valence-electron chi connectivity index (χ4n) is 3.72. The van der Waals surface area contributed by atoms with E-state index in [4.69, 9.17) is 11.6 Å². The number of hydrogen-bond donors (Lipinski definition) is 1. The topological polar surface area (TPSA) is 52.7 Å². The molecule has 2 heterocycles. The number of nitrogens with zero attached hydrogens (tertiary/aromatic N) is 2. The maximum Gasteiger partial charge on any atom is 0.255 e. The Labute approximate surface area is 160 Å². The van der Waals surface area contributed by atoms with Crippen LogP contribution in [0.3, 0.4) is 0 Å². The lowest BCUT2D eigenvalue weighted by molar-refractivity contribution is -0.129. The van der Waals surface area contributed by atoms with Gasteiger partial charge in [-0.05, 0) is 43.9 Å². The van der Waals surface area contributed by atoms with Gasteiger partial charge in [0.2, 0.25) is 5.91 Å². The summed E-state index contributed by atoms with van der Waals surface area (Å²) >= 11 is 6.12. The molecule has 2 aliphatic rings. The summed E-state index contributed by atoms with van der Waals surface area (Å²) in [6.07, 6.45) is 7.90. The predicted octanol–water partition coefficient (Wildman–Crippen LogP) is 3.78. The van der Waals surface area contributed by atoms with E-state index >= 15 is 0 Å². The predicted molar refractivity (Wildman–Crippen MR) is 105 cm³/mol. The van der Waals surface area contributed by atoms with E-state index in [0.29, 0.717) is 16.3 Å². The maximum atomic E-state index is 12.8. The summed E-state index contributed by atoms with van der Waals surface area (Å²) in [6.45, 7) is 3.45. The zero-order chi connectivity index (χ0) is 18.4. The van der Waals surface area contributed by atoms with Crippen LogP contribution in [0.1, 0.15) is 55.3 Å². The van der Waals surface area contributed by atoms with Gasteiger partial charge >= 0.3 is 0 Å². The number of rotatable bonds is 4. The maximum absolute atomic E-state index is 12.8. The highest BCUT2D eigenvalue weighted by Crippen LogP contribution is 2.24. The third kappa shape index (κ3) is 4.91. The minimum Gasteiger partial charge on any atom is -0.375 e. The molecule has 2 amide bonds. The van der Waals surface area contributed by atoms with Gasteiger partial charge in [-0.2, -0.15) is 0 Å². The summed E-state index contributed by atoms with van der Waals surface area (Å²) in [6, 6.07) is 5.23. The average Bonchev–Trinajstić information content (AvgIpc) is 3.13. The summed E-state index contributed by atoms with van der Waals surface area (Å²) in [5.74, 6) is 0.104. The van der Waals surface area contributed by atoms with Gasteiger partial charge in [0, 0.05) is 36.9 Å². The SMILES string of the molecule is O=C(CNc1cc(Cl)ccc1C(=O)N1CCCC1)N1CCCCCCC1. The largest absolute Gasteiger partial charge is 0.375 e. The molecular formula is C20H28ClN3O2. The molecule has 2 saturated heterocycles. The van der Waals surface area contributed by atoms with Gasteiger partial charge in [-0.3, -0.25) is 9.59 Å². The monoisotopic (exact) mass is 377 g/mol. The summed E-state index contributed by atoms with van der Waals surface area (Å²) in [5.41, 5.74) is 1.24. The number of hydrogen-bond acceptors (Lipinski definition) is 3. The van der Waals surface area contributed by atoms with Crippen molar-refractivity contribution in [1.82, 2.24) is 9.80 Å². The Kier molecular flexibility index (Phi) is 6.78. The van der Waals surface area contributed by atoms with Crippen molar-refractivity contribution < 1.29 is 9.59 Å². The molecule has 0 radical (unpaired) electrons. The van der Waals surface area contributed by atoms with E-state index in [1.807, 2.05) is 9.80 Å². The second-order valence-corrected chi connectivity index (χ2v) is 7.63. The first kappa shape index (κ1) is 19.0. The van der Waals surface area contributed by atoms with Crippen LogP contribution in [0.4, 0.5) is 5.69 Å². The lowest BCUT2D eigenvalue weighted by Gasteiger charge is -2.25. The van der Waals surface area contributed by atoms with Crippen LogP contribution in [0.15, 0.2) is 18.2 Å². The number of halogens is 1. The van der Waals surface area contributed by atoms with E-state index in [2.05, 4.69) is 5.32 Å². The molecule has 0 unspecified atom stereocenters. The Hall–Kier alpha value is -1.75. The van der Waals surface area contributed by atoms with Crippen molar-refractivity contribution in [2.45, 2.75) is 44.9 Å². The van der Waals surface area contributed by atoms with Crippen LogP contribution in [-0.4, -0.2) is 54.3 Å². The summed E-state index contributed by atoms with van der Waals surface area (Å²) < 4.78 is 0. The average molecular weight is 378 g/mol. The van der Waals surface area contributed by atoms with E-state index in [9.17, 15) is 9.59 Å². The van der Waals surface area contributed by atoms with Gasteiger partial charge in [-0.25, -0.2) is 0 Å². The molecule has 0 aliphatic carbocycles. The van der Waals surface area contributed by atoms with Crippen molar-refractivity contribution in [1.29, 1.82) is 0 Å². The second-order valence-electron chi connectivity index (χ2n) is 7.19. The van der Waals surface area contributed by atoms with Crippen LogP contribution in [0, 0.1) is 0 Å². The van der Waals surface area contributed by atoms with Gasteiger partial charge in [0.25, 0.3) is 5.91 Å². The smallest absolute Gasteiger partial charge is 0.255 e. The third-order valence-electron chi connectivity index (χ3n) is 5.24. The number of likely N-dealkylation sites (tertiary alicyclic amines) is 2. The number of benzene rings is 1. The lowest BCUT2D eigenvalue weighted by atomic mass is 10.1.